The van der Waals surface area contributed by atoms with Gasteiger partial charge in [-0.2, -0.15) is 19.6 Å². The molecule has 0 amide bonds. The van der Waals surface area contributed by atoms with Crippen molar-refractivity contribution in [1.29, 1.82) is 0 Å². The van der Waals surface area contributed by atoms with Crippen LogP contribution in [0, 0.1) is 0 Å². The van der Waals surface area contributed by atoms with Gasteiger partial charge in [0.1, 0.15) is 27.9 Å². The molecule has 8 heteroatoms. The zero-order valence-corrected chi connectivity index (χ0v) is 12.1. The molecule has 3 heterocycles. The van der Waals surface area contributed by atoms with Crippen molar-refractivity contribution in [3.63, 3.8) is 0 Å². The normalized spacial score (nSPS) is 11.3. The molecule has 0 aliphatic heterocycles. The SMILES string of the molecule is Clc1cc(Sc2ncnc3ccccc23)n2ncnc2n1. The minimum absolute atomic E-state index is 0.372. The number of hydrogen-bond donors (Lipinski definition) is 0. The number of halogens is 1. The highest BCUT2D eigenvalue weighted by molar-refractivity contribution is 7.99. The molecule has 0 radical (unpaired) electrons. The summed E-state index contributed by atoms with van der Waals surface area (Å²) in [6, 6.07) is 9.58. The molecule has 1 aromatic carbocycles. The van der Waals surface area contributed by atoms with Gasteiger partial charge in [-0.05, 0) is 17.8 Å². The zero-order valence-electron chi connectivity index (χ0n) is 10.5. The minimum Gasteiger partial charge on any atom is -0.236 e. The summed E-state index contributed by atoms with van der Waals surface area (Å²) < 4.78 is 1.63. The van der Waals surface area contributed by atoms with Crippen LogP contribution in [0.3, 0.4) is 0 Å². The van der Waals surface area contributed by atoms with Crippen LogP contribution < -0.4 is 0 Å². The van der Waals surface area contributed by atoms with Gasteiger partial charge in [0.2, 0.25) is 0 Å². The van der Waals surface area contributed by atoms with Crippen molar-refractivity contribution in [3.05, 3.63) is 48.1 Å². The predicted octanol–water partition coefficient (Wildman–Crippen LogP) is 2.87. The van der Waals surface area contributed by atoms with Gasteiger partial charge in [-0.3, -0.25) is 0 Å². The van der Waals surface area contributed by atoms with Gasteiger partial charge < -0.3 is 0 Å². The molecule has 6 nitrogen and oxygen atoms in total. The number of rotatable bonds is 2. The lowest BCUT2D eigenvalue weighted by Crippen LogP contribution is -1.96. The average molecular weight is 315 g/mol. The molecule has 0 saturated heterocycles. The molecule has 0 bridgehead atoms. The second kappa shape index (κ2) is 4.94. The Hall–Kier alpha value is -2.25. The maximum atomic E-state index is 6.03. The van der Waals surface area contributed by atoms with E-state index in [1.54, 1.807) is 16.9 Å². The highest BCUT2D eigenvalue weighted by Gasteiger charge is 2.11. The van der Waals surface area contributed by atoms with E-state index >= 15 is 0 Å². The van der Waals surface area contributed by atoms with Crippen LogP contribution in [-0.2, 0) is 0 Å². The van der Waals surface area contributed by atoms with E-state index in [0.717, 1.165) is 21.0 Å². The van der Waals surface area contributed by atoms with Crippen LogP contribution in [0.1, 0.15) is 0 Å². The van der Waals surface area contributed by atoms with E-state index < -0.39 is 0 Å². The van der Waals surface area contributed by atoms with Crippen LogP contribution in [0.25, 0.3) is 16.7 Å². The van der Waals surface area contributed by atoms with Crippen molar-refractivity contribution in [3.8, 4) is 0 Å². The van der Waals surface area contributed by atoms with E-state index in [9.17, 15) is 0 Å². The van der Waals surface area contributed by atoms with E-state index in [-0.39, 0.29) is 0 Å². The molecule has 0 aliphatic carbocycles. The summed E-state index contributed by atoms with van der Waals surface area (Å²) in [6.07, 6.45) is 2.99. The molecule has 21 heavy (non-hydrogen) atoms. The second-order valence-corrected chi connectivity index (χ2v) is 5.58. The molecule has 0 fully saturated rings. The molecule has 0 N–H and O–H groups in total. The number of fused-ring (bicyclic) bond motifs is 2. The molecule has 3 aromatic heterocycles. The molecular formula is C13H7ClN6S. The largest absolute Gasteiger partial charge is 0.254 e. The van der Waals surface area contributed by atoms with Crippen LogP contribution in [0.2, 0.25) is 5.15 Å². The van der Waals surface area contributed by atoms with Crippen LogP contribution in [0.4, 0.5) is 0 Å². The Morgan fingerprint density at radius 2 is 1.95 bits per heavy atom. The van der Waals surface area contributed by atoms with Gasteiger partial charge in [-0.25, -0.2) is 9.97 Å². The molecular weight excluding hydrogens is 308 g/mol. The van der Waals surface area contributed by atoms with E-state index in [0.29, 0.717) is 10.9 Å². The first-order valence-electron chi connectivity index (χ1n) is 6.05. The highest BCUT2D eigenvalue weighted by atomic mass is 35.5. The van der Waals surface area contributed by atoms with E-state index in [1.807, 2.05) is 24.3 Å². The third-order valence-corrected chi connectivity index (χ3v) is 4.11. The van der Waals surface area contributed by atoms with E-state index in [1.165, 1.54) is 18.1 Å². The van der Waals surface area contributed by atoms with Crippen molar-refractivity contribution >= 4 is 40.0 Å². The maximum Gasteiger partial charge on any atom is 0.254 e. The highest BCUT2D eigenvalue weighted by Crippen LogP contribution is 2.31. The van der Waals surface area contributed by atoms with Crippen molar-refractivity contribution < 1.29 is 0 Å². The summed E-state index contributed by atoms with van der Waals surface area (Å²) in [6.45, 7) is 0. The van der Waals surface area contributed by atoms with Gasteiger partial charge in [0.25, 0.3) is 5.78 Å². The third kappa shape index (κ3) is 2.20. The quantitative estimate of drug-likeness (QED) is 0.530. The van der Waals surface area contributed by atoms with Crippen LogP contribution >= 0.6 is 23.4 Å². The summed E-state index contributed by atoms with van der Waals surface area (Å²) in [7, 11) is 0. The van der Waals surface area contributed by atoms with Crippen LogP contribution in [-0.4, -0.2) is 29.5 Å². The van der Waals surface area contributed by atoms with Crippen molar-refractivity contribution in [2.75, 3.05) is 0 Å². The van der Waals surface area contributed by atoms with Crippen molar-refractivity contribution in [2.45, 2.75) is 10.1 Å². The van der Waals surface area contributed by atoms with Gasteiger partial charge in [-0.1, -0.05) is 29.8 Å². The van der Waals surface area contributed by atoms with Gasteiger partial charge in [-0.15, -0.1) is 0 Å². The van der Waals surface area contributed by atoms with Gasteiger partial charge in [0.15, 0.2) is 0 Å². The Kier molecular flexibility index (Phi) is 2.94. The molecule has 0 spiro atoms. The van der Waals surface area contributed by atoms with Gasteiger partial charge in [0, 0.05) is 11.5 Å². The monoisotopic (exact) mass is 314 g/mol. The molecule has 0 atom stereocenters. The first-order chi connectivity index (χ1) is 10.3. The van der Waals surface area contributed by atoms with Crippen LogP contribution in [0.5, 0.6) is 0 Å². The first kappa shape index (κ1) is 12.5. The fourth-order valence-corrected chi connectivity index (χ4v) is 3.20. The maximum absolute atomic E-state index is 6.03. The van der Waals surface area contributed by atoms with Crippen molar-refractivity contribution in [1.82, 2.24) is 29.5 Å². The smallest absolute Gasteiger partial charge is 0.236 e. The van der Waals surface area contributed by atoms with Crippen LogP contribution in [0.15, 0.2) is 53.0 Å². The fourth-order valence-electron chi connectivity index (χ4n) is 1.99. The minimum atomic E-state index is 0.372. The summed E-state index contributed by atoms with van der Waals surface area (Å²) in [5, 5.41) is 7.14. The van der Waals surface area contributed by atoms with E-state index in [2.05, 4.69) is 25.0 Å². The summed E-state index contributed by atoms with van der Waals surface area (Å²) in [4.78, 5) is 16.8. The number of hydrogen-bond acceptors (Lipinski definition) is 6. The lowest BCUT2D eigenvalue weighted by Gasteiger charge is -2.06. The average Bonchev–Trinajstić information content (AvgIpc) is 2.96. The lowest BCUT2D eigenvalue weighted by molar-refractivity contribution is 0.841. The summed E-state index contributed by atoms with van der Waals surface area (Å²) in [5.41, 5.74) is 0.894. The molecule has 0 unspecified atom stereocenters. The number of benzene rings is 1. The summed E-state index contributed by atoms with van der Waals surface area (Å²) >= 11 is 7.48. The third-order valence-electron chi connectivity index (χ3n) is 2.90. The van der Waals surface area contributed by atoms with Gasteiger partial charge >= 0.3 is 0 Å². The fraction of sp³-hybridized carbons (Fsp3) is 0. The first-order valence-corrected chi connectivity index (χ1v) is 7.24. The molecule has 0 aliphatic rings. The Labute approximate surface area is 128 Å². The molecule has 4 rings (SSSR count). The lowest BCUT2D eigenvalue weighted by atomic mass is 10.2. The Balaban J connectivity index is 1.89. The topological polar surface area (TPSA) is 68.9 Å². The Morgan fingerprint density at radius 1 is 1.05 bits per heavy atom. The summed E-state index contributed by atoms with van der Waals surface area (Å²) in [5.74, 6) is 0.461. The predicted molar refractivity (Wildman–Crippen MR) is 79.5 cm³/mol. The van der Waals surface area contributed by atoms with E-state index in [4.69, 9.17) is 11.6 Å². The zero-order chi connectivity index (χ0) is 14.2. The number of nitrogens with zero attached hydrogens (tertiary/aromatic N) is 6. The van der Waals surface area contributed by atoms with Crippen molar-refractivity contribution in [2.24, 2.45) is 0 Å². The molecule has 0 saturated carbocycles. The Bertz CT molecular complexity index is 948. The number of aromatic nitrogens is 6. The molecule has 102 valence electrons. The Morgan fingerprint density at radius 3 is 2.90 bits per heavy atom. The van der Waals surface area contributed by atoms with Gasteiger partial charge in [0.05, 0.1) is 5.52 Å². The second-order valence-electron chi connectivity index (χ2n) is 4.19. The number of para-hydroxylation sites is 1. The standard InChI is InChI=1S/C13H7ClN6S/c14-10-5-11(20-13(19-10)17-7-18-20)21-12-8-3-1-2-4-9(8)15-6-16-12/h1-7H. The molecule has 4 aromatic rings.